The predicted octanol–water partition coefficient (Wildman–Crippen LogP) is 2.53. The molecule has 0 spiro atoms. The Balaban J connectivity index is 1.59. The Morgan fingerprint density at radius 1 is 0.941 bits per heavy atom. The second kappa shape index (κ2) is 10.1. The van der Waals surface area contributed by atoms with Gasteiger partial charge < -0.3 is 20.2 Å². The Morgan fingerprint density at radius 2 is 1.56 bits per heavy atom. The Morgan fingerprint density at radius 3 is 2.15 bits per heavy atom. The Labute approximate surface area is 196 Å². The number of carbonyl (C=O) groups is 4. The van der Waals surface area contributed by atoms with Crippen molar-refractivity contribution >= 4 is 23.7 Å². The first-order chi connectivity index (χ1) is 16.2. The van der Waals surface area contributed by atoms with Crippen LogP contribution in [0.5, 0.6) is 0 Å². The van der Waals surface area contributed by atoms with Gasteiger partial charge in [-0.1, -0.05) is 19.3 Å². The highest BCUT2D eigenvalue weighted by molar-refractivity contribution is 5.99. The maximum absolute atomic E-state index is 13.7. The van der Waals surface area contributed by atoms with Crippen molar-refractivity contribution in [2.45, 2.75) is 63.6 Å². The molecule has 2 N–H and O–H groups in total. The summed E-state index contributed by atoms with van der Waals surface area (Å²) < 4.78 is 27.5. The molecule has 0 aromatic heterocycles. The SMILES string of the molecule is O=C(O)CC(NC(=O)C1N(C(=O)c2cc(F)cc(F)c2)CCN1C(=O)C1CC1)C1CCCCC1. The van der Waals surface area contributed by atoms with Crippen molar-refractivity contribution in [2.24, 2.45) is 11.8 Å². The van der Waals surface area contributed by atoms with Crippen LogP contribution >= 0.6 is 0 Å². The number of nitrogens with one attached hydrogen (secondary N) is 1. The molecule has 1 heterocycles. The van der Waals surface area contributed by atoms with Crippen LogP contribution in [-0.4, -0.2) is 63.9 Å². The summed E-state index contributed by atoms with van der Waals surface area (Å²) in [5, 5.41) is 12.2. The largest absolute Gasteiger partial charge is 0.481 e. The molecule has 2 saturated carbocycles. The molecule has 4 rings (SSSR count). The number of carboxylic acid groups (broad SMARTS) is 1. The fourth-order valence-electron chi connectivity index (χ4n) is 5.08. The third-order valence-electron chi connectivity index (χ3n) is 6.93. The average molecular weight is 478 g/mol. The lowest BCUT2D eigenvalue weighted by molar-refractivity contribution is -0.143. The average Bonchev–Trinajstić information content (AvgIpc) is 3.55. The molecule has 1 aliphatic heterocycles. The molecule has 2 aliphatic carbocycles. The zero-order valence-corrected chi connectivity index (χ0v) is 18.8. The van der Waals surface area contributed by atoms with Crippen LogP contribution in [0.15, 0.2) is 18.2 Å². The van der Waals surface area contributed by atoms with E-state index in [4.69, 9.17) is 0 Å². The lowest BCUT2D eigenvalue weighted by Crippen LogP contribution is -2.57. The number of carboxylic acids is 1. The van der Waals surface area contributed by atoms with Crippen LogP contribution in [0.25, 0.3) is 0 Å². The fraction of sp³-hybridized carbons (Fsp3) is 0.583. The number of amides is 3. The van der Waals surface area contributed by atoms with Crippen LogP contribution in [0.1, 0.15) is 61.7 Å². The number of rotatable bonds is 7. The molecule has 34 heavy (non-hydrogen) atoms. The summed E-state index contributed by atoms with van der Waals surface area (Å²) >= 11 is 0. The number of hydrogen-bond acceptors (Lipinski definition) is 4. The predicted molar refractivity (Wildman–Crippen MR) is 116 cm³/mol. The second-order valence-corrected chi connectivity index (χ2v) is 9.45. The highest BCUT2D eigenvalue weighted by Crippen LogP contribution is 2.34. The van der Waals surface area contributed by atoms with Crippen molar-refractivity contribution in [3.05, 3.63) is 35.4 Å². The van der Waals surface area contributed by atoms with Crippen LogP contribution in [0.4, 0.5) is 8.78 Å². The summed E-state index contributed by atoms with van der Waals surface area (Å²) in [5.41, 5.74) is -0.259. The van der Waals surface area contributed by atoms with Crippen LogP contribution in [0, 0.1) is 23.5 Å². The third-order valence-corrected chi connectivity index (χ3v) is 6.93. The maximum Gasteiger partial charge on any atom is 0.305 e. The number of hydrogen-bond donors (Lipinski definition) is 2. The smallest absolute Gasteiger partial charge is 0.305 e. The van der Waals surface area contributed by atoms with Gasteiger partial charge in [0, 0.05) is 36.7 Å². The van der Waals surface area contributed by atoms with Crippen molar-refractivity contribution < 1.29 is 33.1 Å². The molecular weight excluding hydrogens is 448 g/mol. The molecule has 3 aliphatic rings. The molecule has 0 radical (unpaired) electrons. The molecule has 2 atom stereocenters. The Bertz CT molecular complexity index is 957. The molecule has 3 fully saturated rings. The van der Waals surface area contributed by atoms with Gasteiger partial charge in [0.25, 0.3) is 11.8 Å². The molecule has 1 saturated heterocycles. The monoisotopic (exact) mass is 477 g/mol. The van der Waals surface area contributed by atoms with E-state index in [0.717, 1.165) is 49.1 Å². The van der Waals surface area contributed by atoms with Crippen molar-refractivity contribution in [3.8, 4) is 0 Å². The van der Waals surface area contributed by atoms with Gasteiger partial charge in [-0.3, -0.25) is 19.2 Å². The van der Waals surface area contributed by atoms with Crippen LogP contribution in [-0.2, 0) is 14.4 Å². The summed E-state index contributed by atoms with van der Waals surface area (Å²) in [6, 6.07) is 1.80. The fourth-order valence-corrected chi connectivity index (χ4v) is 5.08. The van der Waals surface area contributed by atoms with Gasteiger partial charge in [-0.05, 0) is 43.7 Å². The summed E-state index contributed by atoms with van der Waals surface area (Å²) in [4.78, 5) is 53.5. The van der Waals surface area contributed by atoms with Crippen molar-refractivity contribution in [2.75, 3.05) is 13.1 Å². The first-order valence-electron chi connectivity index (χ1n) is 11.8. The molecule has 3 amide bonds. The zero-order valence-electron chi connectivity index (χ0n) is 18.8. The first kappa shape index (κ1) is 24.1. The topological polar surface area (TPSA) is 107 Å². The summed E-state index contributed by atoms with van der Waals surface area (Å²) in [7, 11) is 0. The van der Waals surface area contributed by atoms with Crippen molar-refractivity contribution in [1.29, 1.82) is 0 Å². The number of benzene rings is 1. The highest BCUT2D eigenvalue weighted by atomic mass is 19.1. The highest BCUT2D eigenvalue weighted by Gasteiger charge is 2.47. The van der Waals surface area contributed by atoms with Gasteiger partial charge in [0.15, 0.2) is 6.17 Å². The summed E-state index contributed by atoms with van der Waals surface area (Å²) in [5.74, 6) is -4.76. The minimum absolute atomic E-state index is 0.00995. The quantitative estimate of drug-likeness (QED) is 0.628. The second-order valence-electron chi connectivity index (χ2n) is 9.45. The van der Waals surface area contributed by atoms with E-state index in [9.17, 15) is 33.1 Å². The van der Waals surface area contributed by atoms with E-state index < -0.39 is 41.6 Å². The molecular formula is C24H29F2N3O5. The molecule has 0 bridgehead atoms. The first-order valence-corrected chi connectivity index (χ1v) is 11.8. The molecule has 184 valence electrons. The van der Waals surface area contributed by atoms with E-state index in [2.05, 4.69) is 5.32 Å². The van der Waals surface area contributed by atoms with Gasteiger partial charge in [-0.2, -0.15) is 0 Å². The standard InChI is InChI=1S/C24H29F2N3O5/c25-17-10-16(11-18(26)12-17)24(34)29-9-8-28(23(33)15-6-7-15)22(29)21(32)27-19(13-20(30)31)14-4-2-1-3-5-14/h10-12,14-15,19,22H,1-9,13H2,(H,27,32)(H,30,31). The number of aliphatic carboxylic acids is 1. The third kappa shape index (κ3) is 5.37. The van der Waals surface area contributed by atoms with E-state index >= 15 is 0 Å². The van der Waals surface area contributed by atoms with Crippen LogP contribution < -0.4 is 5.32 Å². The minimum atomic E-state index is -1.30. The lowest BCUT2D eigenvalue weighted by Gasteiger charge is -2.34. The lowest BCUT2D eigenvalue weighted by atomic mass is 9.82. The molecule has 8 nitrogen and oxygen atoms in total. The van der Waals surface area contributed by atoms with Gasteiger partial charge in [-0.15, -0.1) is 0 Å². The number of carbonyl (C=O) groups excluding carboxylic acids is 3. The van der Waals surface area contributed by atoms with Crippen molar-refractivity contribution in [3.63, 3.8) is 0 Å². The maximum atomic E-state index is 13.7. The van der Waals surface area contributed by atoms with E-state index in [1.165, 1.54) is 4.90 Å². The van der Waals surface area contributed by atoms with Gasteiger partial charge in [0.1, 0.15) is 11.6 Å². The Kier molecular flexibility index (Phi) is 7.13. The van der Waals surface area contributed by atoms with Crippen LogP contribution in [0.2, 0.25) is 0 Å². The summed E-state index contributed by atoms with van der Waals surface area (Å²) in [6.07, 6.45) is 4.38. The molecule has 1 aromatic carbocycles. The van der Waals surface area contributed by atoms with Crippen molar-refractivity contribution in [1.82, 2.24) is 15.1 Å². The molecule has 2 unspecified atom stereocenters. The number of halogens is 2. The summed E-state index contributed by atoms with van der Waals surface area (Å²) in [6.45, 7) is 0.143. The van der Waals surface area contributed by atoms with Gasteiger partial charge >= 0.3 is 5.97 Å². The van der Waals surface area contributed by atoms with Gasteiger partial charge in [0.05, 0.1) is 6.42 Å². The normalized spacial score (nSPS) is 21.9. The van der Waals surface area contributed by atoms with E-state index in [1.807, 2.05) is 0 Å². The minimum Gasteiger partial charge on any atom is -0.481 e. The molecule has 10 heteroatoms. The zero-order chi connectivity index (χ0) is 24.4. The van der Waals surface area contributed by atoms with Crippen LogP contribution in [0.3, 0.4) is 0 Å². The van der Waals surface area contributed by atoms with Gasteiger partial charge in [-0.25, -0.2) is 8.78 Å². The molecule has 1 aromatic rings. The van der Waals surface area contributed by atoms with Gasteiger partial charge in [0.2, 0.25) is 5.91 Å². The van der Waals surface area contributed by atoms with E-state index in [0.29, 0.717) is 18.9 Å². The number of nitrogens with zero attached hydrogens (tertiary/aromatic N) is 2. The Hall–Kier alpha value is -3.04. The van der Waals surface area contributed by atoms with E-state index in [-0.39, 0.29) is 42.8 Å². The van der Waals surface area contributed by atoms with E-state index in [1.54, 1.807) is 0 Å².